The standard InChI is InChI=1S/C14H9BrN2O/c15-10-6-11-13(18)7-12(17-14(11)16-8-10)9-4-2-1-3-5-9/h1-6,8H,7H2. The van der Waals surface area contributed by atoms with Gasteiger partial charge < -0.3 is 0 Å². The number of fused-ring (bicyclic) bond motifs is 1. The number of Topliss-reactive ketones (excluding diaryl/α,β-unsaturated/α-hetero) is 1. The third kappa shape index (κ3) is 1.99. The smallest absolute Gasteiger partial charge is 0.172 e. The van der Waals surface area contributed by atoms with Crippen LogP contribution in [0.4, 0.5) is 5.82 Å². The minimum atomic E-state index is 0.0626. The van der Waals surface area contributed by atoms with Gasteiger partial charge in [0.25, 0.3) is 0 Å². The Hall–Kier alpha value is -1.81. The van der Waals surface area contributed by atoms with Crippen molar-refractivity contribution in [2.75, 3.05) is 0 Å². The van der Waals surface area contributed by atoms with Crippen LogP contribution in [-0.4, -0.2) is 16.5 Å². The SMILES string of the molecule is O=C1CC(c2ccccc2)=Nc2ncc(Br)cc21. The molecule has 0 atom stereocenters. The maximum Gasteiger partial charge on any atom is 0.172 e. The van der Waals surface area contributed by atoms with Crippen LogP contribution in [0.2, 0.25) is 0 Å². The number of benzene rings is 1. The average Bonchev–Trinajstić information content (AvgIpc) is 2.40. The molecule has 0 N–H and O–H groups in total. The third-order valence-corrected chi connectivity index (χ3v) is 3.24. The molecule has 0 aliphatic carbocycles. The molecule has 0 spiro atoms. The zero-order valence-electron chi connectivity index (χ0n) is 9.43. The largest absolute Gasteiger partial charge is 0.294 e. The predicted octanol–water partition coefficient (Wildman–Crippen LogP) is 3.55. The molecule has 0 bridgehead atoms. The van der Waals surface area contributed by atoms with Gasteiger partial charge in [0.05, 0.1) is 17.7 Å². The van der Waals surface area contributed by atoms with Gasteiger partial charge in [0.1, 0.15) is 0 Å². The second-order valence-corrected chi connectivity index (χ2v) is 4.96. The van der Waals surface area contributed by atoms with Crippen LogP contribution in [0.3, 0.4) is 0 Å². The van der Waals surface area contributed by atoms with Crippen molar-refractivity contribution in [1.29, 1.82) is 0 Å². The van der Waals surface area contributed by atoms with E-state index in [0.29, 0.717) is 17.8 Å². The number of rotatable bonds is 1. The number of ketones is 1. The fraction of sp³-hybridized carbons (Fsp3) is 0.0714. The molecular weight excluding hydrogens is 292 g/mol. The number of nitrogens with zero attached hydrogens (tertiary/aromatic N) is 2. The molecular formula is C14H9BrN2O. The topological polar surface area (TPSA) is 42.3 Å². The van der Waals surface area contributed by atoms with Crippen LogP contribution in [0.25, 0.3) is 0 Å². The van der Waals surface area contributed by atoms with Crippen LogP contribution >= 0.6 is 15.9 Å². The molecule has 0 fully saturated rings. The highest BCUT2D eigenvalue weighted by molar-refractivity contribution is 9.10. The van der Waals surface area contributed by atoms with E-state index in [0.717, 1.165) is 15.7 Å². The number of carbonyl (C=O) groups is 1. The Bertz CT molecular complexity index is 650. The Morgan fingerprint density at radius 1 is 1.17 bits per heavy atom. The molecule has 2 aromatic rings. The molecule has 88 valence electrons. The van der Waals surface area contributed by atoms with E-state index in [1.807, 2.05) is 30.3 Å². The predicted molar refractivity (Wildman–Crippen MR) is 73.5 cm³/mol. The highest BCUT2D eigenvalue weighted by atomic mass is 79.9. The van der Waals surface area contributed by atoms with Crippen molar-refractivity contribution in [3.63, 3.8) is 0 Å². The van der Waals surface area contributed by atoms with Crippen LogP contribution in [0.15, 0.2) is 52.1 Å². The Balaban J connectivity index is 2.11. The highest BCUT2D eigenvalue weighted by Gasteiger charge is 2.21. The summed E-state index contributed by atoms with van der Waals surface area (Å²) < 4.78 is 0.799. The second-order valence-electron chi connectivity index (χ2n) is 4.05. The quantitative estimate of drug-likeness (QED) is 0.808. The molecule has 3 nitrogen and oxygen atoms in total. The third-order valence-electron chi connectivity index (χ3n) is 2.81. The lowest BCUT2D eigenvalue weighted by molar-refractivity contribution is 0.0999. The van der Waals surface area contributed by atoms with Crippen LogP contribution in [0, 0.1) is 0 Å². The molecule has 1 aromatic heterocycles. The van der Waals surface area contributed by atoms with E-state index in [2.05, 4.69) is 25.9 Å². The molecule has 4 heteroatoms. The van der Waals surface area contributed by atoms with Crippen LogP contribution in [0.5, 0.6) is 0 Å². The zero-order chi connectivity index (χ0) is 12.5. The van der Waals surface area contributed by atoms with E-state index in [1.54, 1.807) is 12.3 Å². The van der Waals surface area contributed by atoms with Gasteiger partial charge in [0.15, 0.2) is 11.6 Å². The first-order chi connectivity index (χ1) is 8.74. The molecule has 18 heavy (non-hydrogen) atoms. The van der Waals surface area contributed by atoms with Gasteiger partial charge in [-0.25, -0.2) is 9.98 Å². The van der Waals surface area contributed by atoms with Gasteiger partial charge in [0.2, 0.25) is 0 Å². The lowest BCUT2D eigenvalue weighted by Gasteiger charge is -2.14. The number of hydrogen-bond donors (Lipinski definition) is 0. The normalized spacial score (nSPS) is 14.1. The van der Waals surface area contributed by atoms with Crippen molar-refractivity contribution in [2.45, 2.75) is 6.42 Å². The number of aromatic nitrogens is 1. The minimum absolute atomic E-state index is 0.0626. The van der Waals surface area contributed by atoms with Gasteiger partial charge in [-0.1, -0.05) is 30.3 Å². The Labute approximate surface area is 113 Å². The summed E-state index contributed by atoms with van der Waals surface area (Å²) in [7, 11) is 0. The second kappa shape index (κ2) is 4.46. The van der Waals surface area contributed by atoms with Crippen LogP contribution in [-0.2, 0) is 0 Å². The zero-order valence-corrected chi connectivity index (χ0v) is 11.0. The summed E-state index contributed by atoms with van der Waals surface area (Å²) in [5, 5.41) is 0. The molecule has 0 amide bonds. The van der Waals surface area contributed by atoms with Crippen molar-refractivity contribution in [2.24, 2.45) is 4.99 Å². The molecule has 0 saturated carbocycles. The van der Waals surface area contributed by atoms with Crippen molar-refractivity contribution in [1.82, 2.24) is 4.98 Å². The van der Waals surface area contributed by atoms with E-state index in [1.165, 1.54) is 0 Å². The molecule has 1 aliphatic heterocycles. The summed E-state index contributed by atoms with van der Waals surface area (Å²) >= 11 is 3.31. The van der Waals surface area contributed by atoms with E-state index in [-0.39, 0.29) is 5.78 Å². The molecule has 3 rings (SSSR count). The number of hydrogen-bond acceptors (Lipinski definition) is 3. The van der Waals surface area contributed by atoms with Gasteiger partial charge in [-0.15, -0.1) is 0 Å². The molecule has 1 aliphatic rings. The van der Waals surface area contributed by atoms with Gasteiger partial charge in [-0.05, 0) is 27.6 Å². The van der Waals surface area contributed by atoms with Crippen LogP contribution in [0.1, 0.15) is 22.3 Å². The number of halogens is 1. The first-order valence-corrected chi connectivity index (χ1v) is 6.35. The number of carbonyl (C=O) groups excluding carboxylic acids is 1. The van der Waals surface area contributed by atoms with E-state index >= 15 is 0 Å². The van der Waals surface area contributed by atoms with Crippen LogP contribution < -0.4 is 0 Å². The highest BCUT2D eigenvalue weighted by Crippen LogP contribution is 2.27. The Morgan fingerprint density at radius 3 is 2.72 bits per heavy atom. The molecule has 0 unspecified atom stereocenters. The fourth-order valence-electron chi connectivity index (χ4n) is 1.94. The minimum Gasteiger partial charge on any atom is -0.294 e. The molecule has 1 aromatic carbocycles. The monoisotopic (exact) mass is 300 g/mol. The summed E-state index contributed by atoms with van der Waals surface area (Å²) in [5.74, 6) is 0.570. The Morgan fingerprint density at radius 2 is 1.94 bits per heavy atom. The summed E-state index contributed by atoms with van der Waals surface area (Å²) in [6, 6.07) is 11.5. The maximum absolute atomic E-state index is 12.1. The van der Waals surface area contributed by atoms with Crippen molar-refractivity contribution in [3.8, 4) is 0 Å². The van der Waals surface area contributed by atoms with Gasteiger partial charge in [-0.2, -0.15) is 0 Å². The number of aliphatic imine (C=N–C) groups is 1. The average molecular weight is 301 g/mol. The molecule has 2 heterocycles. The first kappa shape index (κ1) is 11.3. The van der Waals surface area contributed by atoms with E-state index in [4.69, 9.17) is 0 Å². The van der Waals surface area contributed by atoms with Gasteiger partial charge >= 0.3 is 0 Å². The van der Waals surface area contributed by atoms with Crippen molar-refractivity contribution >= 4 is 33.2 Å². The summed E-state index contributed by atoms with van der Waals surface area (Å²) in [6.07, 6.45) is 1.98. The van der Waals surface area contributed by atoms with E-state index < -0.39 is 0 Å². The summed E-state index contributed by atoms with van der Waals surface area (Å²) in [5.41, 5.74) is 2.34. The molecule has 0 saturated heterocycles. The Kier molecular flexibility index (Phi) is 2.80. The summed E-state index contributed by atoms with van der Waals surface area (Å²) in [4.78, 5) is 20.7. The summed E-state index contributed by atoms with van der Waals surface area (Å²) in [6.45, 7) is 0. The lowest BCUT2D eigenvalue weighted by atomic mass is 9.98. The fourth-order valence-corrected chi connectivity index (χ4v) is 2.27. The first-order valence-electron chi connectivity index (χ1n) is 5.56. The van der Waals surface area contributed by atoms with Gasteiger partial charge in [0, 0.05) is 10.7 Å². The van der Waals surface area contributed by atoms with Crippen molar-refractivity contribution in [3.05, 3.63) is 58.2 Å². The maximum atomic E-state index is 12.1. The van der Waals surface area contributed by atoms with Gasteiger partial charge in [-0.3, -0.25) is 4.79 Å². The molecule has 0 radical (unpaired) electrons. The van der Waals surface area contributed by atoms with E-state index in [9.17, 15) is 4.79 Å². The lowest BCUT2D eigenvalue weighted by Crippen LogP contribution is -2.15. The number of pyridine rings is 1. The van der Waals surface area contributed by atoms with Crippen molar-refractivity contribution < 1.29 is 4.79 Å².